The maximum Gasteiger partial charge on any atom is 0.426 e. The maximum absolute atomic E-state index is 13.3. The molecule has 0 unspecified atom stereocenters. The molecule has 2 aromatic rings. The summed E-state index contributed by atoms with van der Waals surface area (Å²) in [6.45, 7) is 0. The van der Waals surface area contributed by atoms with Crippen LogP contribution in [-0.2, 0) is 0 Å². The summed E-state index contributed by atoms with van der Waals surface area (Å²) in [4.78, 5) is 0. The first kappa shape index (κ1) is 18.7. The van der Waals surface area contributed by atoms with E-state index in [-0.39, 0.29) is 5.57 Å². The van der Waals surface area contributed by atoms with Crippen molar-refractivity contribution in [1.82, 2.24) is 0 Å². The third-order valence-electron chi connectivity index (χ3n) is 3.83. The second kappa shape index (κ2) is 7.26. The molecule has 0 heterocycles. The van der Waals surface area contributed by atoms with E-state index in [0.717, 1.165) is 11.1 Å². The fourth-order valence-electron chi connectivity index (χ4n) is 2.60. The van der Waals surface area contributed by atoms with E-state index in [9.17, 15) is 13.2 Å². The highest BCUT2D eigenvalue weighted by atomic mass is 79.9. The molecule has 0 radical (unpaired) electrons. The van der Waals surface area contributed by atoms with Crippen LogP contribution >= 0.6 is 31.9 Å². The van der Waals surface area contributed by atoms with E-state index in [1.54, 1.807) is 48.5 Å². The summed E-state index contributed by atoms with van der Waals surface area (Å²) in [5, 5.41) is 9.11. The molecule has 1 fully saturated rings. The summed E-state index contributed by atoms with van der Waals surface area (Å²) in [5.74, 6) is 0. The summed E-state index contributed by atoms with van der Waals surface area (Å²) in [5.41, 5.74) is 0.988. The zero-order valence-electron chi connectivity index (χ0n) is 13.1. The van der Waals surface area contributed by atoms with Crippen molar-refractivity contribution in [3.63, 3.8) is 0 Å². The van der Waals surface area contributed by atoms with E-state index in [4.69, 9.17) is 5.26 Å². The van der Waals surface area contributed by atoms with Crippen molar-refractivity contribution in [2.75, 3.05) is 0 Å². The highest BCUT2D eigenvalue weighted by Crippen LogP contribution is 2.58. The minimum absolute atomic E-state index is 0.0774. The summed E-state index contributed by atoms with van der Waals surface area (Å²) < 4.78 is 41.0. The molecule has 0 bridgehead atoms. The van der Waals surface area contributed by atoms with Gasteiger partial charge in [0.2, 0.25) is 0 Å². The largest absolute Gasteiger partial charge is 0.426 e. The Hall–Kier alpha value is -2.10. The molecule has 0 atom stereocenters. The van der Waals surface area contributed by atoms with Crippen molar-refractivity contribution in [2.24, 2.45) is 0 Å². The molecule has 1 nitrogen and oxygen atoms in total. The molecule has 0 saturated heterocycles. The fourth-order valence-corrected chi connectivity index (χ4v) is 3.92. The molecule has 2 aromatic carbocycles. The van der Waals surface area contributed by atoms with Crippen LogP contribution in [0.4, 0.5) is 13.2 Å². The Bertz CT molecular complexity index is 916. The molecule has 1 aliphatic carbocycles. The average Bonchev–Trinajstić information content (AvgIpc) is 3.36. The number of alkyl halides is 3. The van der Waals surface area contributed by atoms with Crippen LogP contribution in [-0.4, -0.2) is 6.18 Å². The normalized spacial score (nSPS) is 17.5. The summed E-state index contributed by atoms with van der Waals surface area (Å²) in [6.07, 6.45) is -4.72. The van der Waals surface area contributed by atoms with Crippen LogP contribution in [0.25, 0.3) is 8.96 Å². The summed E-state index contributed by atoms with van der Waals surface area (Å²) >= 11 is 6.82. The number of halogens is 5. The quantitative estimate of drug-likeness (QED) is 0.424. The molecule has 0 spiro atoms. The highest BCUT2D eigenvalue weighted by molar-refractivity contribution is 9.15. The number of hydrogen-bond acceptors (Lipinski definition) is 1. The van der Waals surface area contributed by atoms with E-state index < -0.39 is 11.7 Å². The van der Waals surface area contributed by atoms with Crippen molar-refractivity contribution >= 4 is 40.8 Å². The Morgan fingerprint density at radius 3 is 1.42 bits per heavy atom. The van der Waals surface area contributed by atoms with Crippen LogP contribution in [0.5, 0.6) is 0 Å². The second-order valence-electron chi connectivity index (χ2n) is 5.47. The molecule has 130 valence electrons. The van der Waals surface area contributed by atoms with Gasteiger partial charge in [0.1, 0.15) is 11.6 Å². The van der Waals surface area contributed by atoms with Gasteiger partial charge in [-0.25, -0.2) is 0 Å². The van der Waals surface area contributed by atoms with Crippen LogP contribution in [0.2, 0.25) is 0 Å². The molecule has 3 rings (SSSR count). The molecule has 0 amide bonds. The van der Waals surface area contributed by atoms with E-state index in [1.807, 2.05) is 12.1 Å². The van der Waals surface area contributed by atoms with Gasteiger partial charge in [-0.15, -0.1) is 0 Å². The van der Waals surface area contributed by atoms with Gasteiger partial charge < -0.3 is 0 Å². The molecule has 6 heteroatoms. The Kier molecular flexibility index (Phi) is 5.22. The summed E-state index contributed by atoms with van der Waals surface area (Å²) in [7, 11) is 0. The van der Waals surface area contributed by atoms with Gasteiger partial charge in [0, 0.05) is 25.7 Å². The molecule has 26 heavy (non-hydrogen) atoms. The summed E-state index contributed by atoms with van der Waals surface area (Å²) in [6, 6.07) is 19.3. The predicted octanol–water partition coefficient (Wildman–Crippen LogP) is 6.99. The Labute approximate surface area is 165 Å². The number of benzene rings is 2. The Morgan fingerprint density at radius 2 is 1.12 bits per heavy atom. The van der Waals surface area contributed by atoms with Gasteiger partial charge in [-0.1, -0.05) is 60.7 Å². The lowest BCUT2D eigenvalue weighted by Gasteiger charge is -2.02. The van der Waals surface area contributed by atoms with E-state index in [1.165, 1.54) is 6.07 Å². The molecule has 0 aliphatic heterocycles. The lowest BCUT2D eigenvalue weighted by Crippen LogP contribution is -2.10. The highest BCUT2D eigenvalue weighted by Gasteiger charge is 2.47. The number of nitrogens with zero attached hydrogens (tertiary/aromatic N) is 1. The maximum atomic E-state index is 13.3. The van der Waals surface area contributed by atoms with Crippen LogP contribution in [0.3, 0.4) is 0 Å². The van der Waals surface area contributed by atoms with Crippen molar-refractivity contribution in [2.45, 2.75) is 6.18 Å². The molecule has 0 N–H and O–H groups in total. The number of rotatable bonds is 2. The monoisotopic (exact) mass is 479 g/mol. The van der Waals surface area contributed by atoms with Crippen LogP contribution in [0.1, 0.15) is 11.1 Å². The Balaban J connectivity index is 2.29. The molecule has 0 aromatic heterocycles. The van der Waals surface area contributed by atoms with E-state index >= 15 is 0 Å². The van der Waals surface area contributed by atoms with Crippen LogP contribution in [0, 0.1) is 11.3 Å². The van der Waals surface area contributed by atoms with Gasteiger partial charge in [-0.3, -0.25) is 0 Å². The van der Waals surface area contributed by atoms with Gasteiger partial charge in [-0.2, -0.15) is 18.4 Å². The first-order chi connectivity index (χ1) is 12.4. The lowest BCUT2D eigenvalue weighted by atomic mass is 10.2. The molecule has 1 aliphatic rings. The number of nitriles is 1. The zero-order valence-corrected chi connectivity index (χ0v) is 16.3. The molecule has 1 saturated carbocycles. The van der Waals surface area contributed by atoms with Gasteiger partial charge in [0.05, 0.1) is 0 Å². The van der Waals surface area contributed by atoms with E-state index in [2.05, 4.69) is 31.9 Å². The third kappa shape index (κ3) is 3.55. The van der Waals surface area contributed by atoms with Crippen molar-refractivity contribution in [3.8, 4) is 6.07 Å². The topological polar surface area (TPSA) is 23.8 Å². The number of hydrogen-bond donors (Lipinski definition) is 0. The van der Waals surface area contributed by atoms with E-state index in [0.29, 0.717) is 20.1 Å². The smallest absolute Gasteiger partial charge is 0.192 e. The number of allylic oxidation sites excluding steroid dienone is 4. The third-order valence-corrected chi connectivity index (χ3v) is 5.53. The minimum atomic E-state index is -4.72. The second-order valence-corrected chi connectivity index (χ2v) is 7.06. The average molecular weight is 481 g/mol. The molecular formula is C20H10Br2F3N. The first-order valence-electron chi connectivity index (χ1n) is 7.49. The predicted molar refractivity (Wildman–Crippen MR) is 103 cm³/mol. The van der Waals surface area contributed by atoms with Gasteiger partial charge in [-0.05, 0) is 43.0 Å². The minimum Gasteiger partial charge on any atom is -0.192 e. The van der Waals surface area contributed by atoms with Gasteiger partial charge in [0.25, 0.3) is 0 Å². The van der Waals surface area contributed by atoms with Crippen molar-refractivity contribution in [3.05, 3.63) is 94.1 Å². The van der Waals surface area contributed by atoms with Crippen LogP contribution < -0.4 is 0 Å². The molecular weight excluding hydrogens is 471 g/mol. The van der Waals surface area contributed by atoms with Crippen molar-refractivity contribution in [1.29, 1.82) is 5.26 Å². The SMILES string of the molecule is N#CC(=C1C(=C(Br)c2ccccc2)C1=C(Br)c1ccccc1)C(F)(F)F. The fraction of sp³-hybridized carbons (Fsp3) is 0.0500. The lowest BCUT2D eigenvalue weighted by molar-refractivity contribution is -0.0875. The standard InChI is InChI=1S/C20H10Br2F3N/c21-18(12-7-3-1-4-8-12)16-15(14(11-26)20(23,24)25)17(16)19(22)13-9-5-2-6-10-13/h1-10H. The van der Waals surface area contributed by atoms with Crippen LogP contribution in [0.15, 0.2) is 83.0 Å². The zero-order chi connectivity index (χ0) is 18.9. The first-order valence-corrected chi connectivity index (χ1v) is 9.08. The Morgan fingerprint density at radius 1 is 0.731 bits per heavy atom. The van der Waals surface area contributed by atoms with Crippen molar-refractivity contribution < 1.29 is 13.2 Å². The van der Waals surface area contributed by atoms with Gasteiger partial charge in [0.15, 0.2) is 0 Å². The van der Waals surface area contributed by atoms with Gasteiger partial charge >= 0.3 is 6.18 Å².